The molecule has 8 nitrogen and oxygen atoms in total. The third-order valence-corrected chi connectivity index (χ3v) is 10.0. The second kappa shape index (κ2) is 7.44. The maximum absolute atomic E-state index is 13.1. The first kappa shape index (κ1) is 24.0. The van der Waals surface area contributed by atoms with E-state index < -0.39 is 56.1 Å². The summed E-state index contributed by atoms with van der Waals surface area (Å²) in [5, 5.41) is -0.167. The third kappa shape index (κ3) is 4.90. The topological polar surface area (TPSA) is 91.4 Å². The van der Waals surface area contributed by atoms with E-state index in [4.69, 9.17) is 18.6 Å². The van der Waals surface area contributed by atoms with Crippen molar-refractivity contribution in [2.24, 2.45) is 0 Å². The number of fused-ring (bicyclic) bond motifs is 1. The lowest BCUT2D eigenvalue weighted by molar-refractivity contribution is -0.175. The van der Waals surface area contributed by atoms with E-state index in [0.29, 0.717) is 6.29 Å². The fraction of sp³-hybridized carbons (Fsp3) is 0.850. The summed E-state index contributed by atoms with van der Waals surface area (Å²) in [6, 6.07) is -0.962. The number of imide groups is 1. The molecule has 2 saturated heterocycles. The number of carbonyl (C=O) groups is 3. The van der Waals surface area contributed by atoms with Crippen LogP contribution >= 0.6 is 0 Å². The lowest BCUT2D eigenvalue weighted by atomic mass is 10.1. The van der Waals surface area contributed by atoms with Gasteiger partial charge in [0.05, 0.1) is 0 Å². The number of aldehydes is 1. The fourth-order valence-electron chi connectivity index (χ4n) is 3.21. The monoisotopic (exact) mass is 429 g/mol. The molecule has 2 heterocycles. The molecule has 0 spiro atoms. The minimum atomic E-state index is -2.39. The van der Waals surface area contributed by atoms with E-state index in [1.165, 1.54) is 0 Å². The van der Waals surface area contributed by atoms with Gasteiger partial charge in [-0.3, -0.25) is 4.79 Å². The van der Waals surface area contributed by atoms with E-state index in [9.17, 15) is 14.4 Å². The predicted molar refractivity (Wildman–Crippen MR) is 109 cm³/mol. The summed E-state index contributed by atoms with van der Waals surface area (Å²) >= 11 is 0. The first-order chi connectivity index (χ1) is 12.9. The summed E-state index contributed by atoms with van der Waals surface area (Å²) in [7, 11) is -2.39. The van der Waals surface area contributed by atoms with Crippen molar-refractivity contribution in [3.63, 3.8) is 0 Å². The lowest BCUT2D eigenvalue weighted by Gasteiger charge is -2.41. The maximum atomic E-state index is 13.1. The molecule has 0 aliphatic carbocycles. The van der Waals surface area contributed by atoms with Crippen molar-refractivity contribution < 1.29 is 33.0 Å². The maximum Gasteiger partial charge on any atom is 0.417 e. The molecule has 2 rings (SSSR count). The Bertz CT molecular complexity index is 677. The fourth-order valence-corrected chi connectivity index (χ4v) is 4.44. The highest BCUT2D eigenvalue weighted by atomic mass is 28.4. The van der Waals surface area contributed by atoms with Gasteiger partial charge in [0.15, 0.2) is 20.2 Å². The second-order valence-electron chi connectivity index (χ2n) is 10.7. The van der Waals surface area contributed by atoms with Crippen molar-refractivity contribution >= 4 is 26.6 Å². The largest absolute Gasteiger partial charge is 0.443 e. The molecule has 2 amide bonds. The van der Waals surface area contributed by atoms with E-state index >= 15 is 0 Å². The zero-order chi connectivity index (χ0) is 22.6. The van der Waals surface area contributed by atoms with Gasteiger partial charge in [-0.2, -0.15) is 0 Å². The van der Waals surface area contributed by atoms with Gasteiger partial charge in [0.2, 0.25) is 0 Å². The van der Waals surface area contributed by atoms with Crippen LogP contribution in [0.1, 0.15) is 55.4 Å². The molecule has 0 saturated carbocycles. The molecule has 0 aromatic rings. The van der Waals surface area contributed by atoms with Crippen LogP contribution < -0.4 is 0 Å². The molecule has 2 aliphatic rings. The Morgan fingerprint density at radius 1 is 1.17 bits per heavy atom. The van der Waals surface area contributed by atoms with E-state index in [-0.39, 0.29) is 5.04 Å². The van der Waals surface area contributed by atoms with E-state index in [1.54, 1.807) is 34.6 Å². The molecule has 166 valence electrons. The van der Waals surface area contributed by atoms with Crippen LogP contribution in [0.3, 0.4) is 0 Å². The first-order valence-electron chi connectivity index (χ1n) is 9.95. The molecule has 2 aliphatic heterocycles. The number of hydrogen-bond acceptors (Lipinski definition) is 7. The second-order valence-corrected chi connectivity index (χ2v) is 15.4. The zero-order valence-electron chi connectivity index (χ0n) is 19.2. The van der Waals surface area contributed by atoms with Gasteiger partial charge in [0, 0.05) is 0 Å². The molecule has 29 heavy (non-hydrogen) atoms. The predicted octanol–water partition coefficient (Wildman–Crippen LogP) is 3.24. The molecule has 0 aromatic carbocycles. The summed E-state index contributed by atoms with van der Waals surface area (Å²) in [4.78, 5) is 39.0. The summed E-state index contributed by atoms with van der Waals surface area (Å²) in [5.74, 6) is -1.58. The molecule has 0 unspecified atom stereocenters. The van der Waals surface area contributed by atoms with E-state index in [1.807, 2.05) is 33.9 Å². The van der Waals surface area contributed by atoms with Crippen molar-refractivity contribution in [2.75, 3.05) is 0 Å². The molecule has 0 aromatic heterocycles. The Morgan fingerprint density at radius 2 is 1.72 bits per heavy atom. The SMILES string of the molecule is CC(C)(C)OC(=O)N1C(=O)[C@H]2OC(C)(C)O[C@H]2[C@@H]1[C@@H](C=O)O[Si](C)(C)C(C)(C)C. The highest BCUT2D eigenvalue weighted by Crippen LogP contribution is 2.42. The van der Waals surface area contributed by atoms with Gasteiger partial charge in [-0.1, -0.05) is 20.8 Å². The van der Waals surface area contributed by atoms with E-state index in [2.05, 4.69) is 0 Å². The number of likely N-dealkylation sites (tertiary alicyclic amines) is 1. The number of ether oxygens (including phenoxy) is 3. The Hall–Kier alpha value is -1.29. The Balaban J connectivity index is 2.44. The van der Waals surface area contributed by atoms with Crippen molar-refractivity contribution in [1.29, 1.82) is 0 Å². The van der Waals surface area contributed by atoms with Crippen LogP contribution in [0.4, 0.5) is 4.79 Å². The molecule has 0 radical (unpaired) electrons. The number of rotatable bonds is 4. The smallest absolute Gasteiger partial charge is 0.417 e. The molecule has 9 heteroatoms. The summed E-state index contributed by atoms with van der Waals surface area (Å²) in [6.07, 6.45) is -3.04. The number of hydrogen-bond donors (Lipinski definition) is 0. The van der Waals surface area contributed by atoms with Crippen molar-refractivity contribution in [3.05, 3.63) is 0 Å². The number of nitrogens with zero attached hydrogens (tertiary/aromatic N) is 1. The van der Waals surface area contributed by atoms with Crippen molar-refractivity contribution in [3.8, 4) is 0 Å². The number of carbonyl (C=O) groups excluding carboxylic acids is 3. The quantitative estimate of drug-likeness (QED) is 0.500. The van der Waals surface area contributed by atoms with Gasteiger partial charge in [-0.25, -0.2) is 9.69 Å². The lowest BCUT2D eigenvalue weighted by Crippen LogP contribution is -2.56. The summed E-state index contributed by atoms with van der Waals surface area (Å²) in [6.45, 7) is 18.7. The van der Waals surface area contributed by atoms with Gasteiger partial charge in [-0.05, 0) is 52.8 Å². The third-order valence-electron chi connectivity index (χ3n) is 5.54. The Morgan fingerprint density at radius 3 is 2.17 bits per heavy atom. The Kier molecular flexibility index (Phi) is 6.15. The van der Waals surface area contributed by atoms with Gasteiger partial charge in [-0.15, -0.1) is 0 Å². The normalized spacial score (nSPS) is 28.3. The zero-order valence-corrected chi connectivity index (χ0v) is 20.2. The van der Waals surface area contributed by atoms with Crippen LogP contribution in [-0.2, 0) is 28.2 Å². The average Bonchev–Trinajstić information content (AvgIpc) is 2.94. The molecular weight excluding hydrogens is 394 g/mol. The first-order valence-corrected chi connectivity index (χ1v) is 12.9. The van der Waals surface area contributed by atoms with Crippen LogP contribution in [0.25, 0.3) is 0 Å². The van der Waals surface area contributed by atoms with Crippen molar-refractivity contribution in [1.82, 2.24) is 4.90 Å². The minimum absolute atomic E-state index is 0.167. The highest BCUT2D eigenvalue weighted by molar-refractivity contribution is 6.74. The van der Waals surface area contributed by atoms with Crippen LogP contribution in [0.5, 0.6) is 0 Å². The van der Waals surface area contributed by atoms with Crippen LogP contribution in [0, 0.1) is 0 Å². The van der Waals surface area contributed by atoms with E-state index in [0.717, 1.165) is 4.90 Å². The number of amides is 2. The van der Waals surface area contributed by atoms with Gasteiger partial charge < -0.3 is 23.4 Å². The molecule has 0 bridgehead atoms. The van der Waals surface area contributed by atoms with Crippen molar-refractivity contribution in [2.45, 2.75) is 109 Å². The van der Waals surface area contributed by atoms with Crippen LogP contribution in [0.2, 0.25) is 18.1 Å². The molecule has 2 fully saturated rings. The van der Waals surface area contributed by atoms with Crippen LogP contribution in [0.15, 0.2) is 0 Å². The van der Waals surface area contributed by atoms with Crippen LogP contribution in [-0.4, -0.2) is 67.2 Å². The van der Waals surface area contributed by atoms with Gasteiger partial charge in [0.1, 0.15) is 30.1 Å². The summed E-state index contributed by atoms with van der Waals surface area (Å²) in [5.41, 5.74) is -0.808. The van der Waals surface area contributed by atoms with Gasteiger partial charge in [0.25, 0.3) is 5.91 Å². The minimum Gasteiger partial charge on any atom is -0.443 e. The highest BCUT2D eigenvalue weighted by Gasteiger charge is 2.63. The molecule has 4 atom stereocenters. The molecular formula is C20H35NO7Si. The molecule has 0 N–H and O–H groups in total. The average molecular weight is 430 g/mol. The summed E-state index contributed by atoms with van der Waals surface area (Å²) < 4.78 is 23.4. The standard InChI is InChI=1S/C20H35NO7Si/c1-18(2,3)27-17(24)21-13(12(11-22)28-29(9,10)19(4,5)6)14-15(16(21)23)26-20(7,8)25-14/h11-15H,1-10H3/t12-,13+,14+,15+/m1/s1. The Labute approximate surface area is 174 Å². The van der Waals surface area contributed by atoms with Gasteiger partial charge >= 0.3 is 6.09 Å².